The van der Waals surface area contributed by atoms with Crippen LogP contribution in [0.5, 0.6) is 0 Å². The van der Waals surface area contributed by atoms with Gasteiger partial charge in [0, 0.05) is 6.21 Å². The van der Waals surface area contributed by atoms with Gasteiger partial charge in [-0.2, -0.15) is 0 Å². The van der Waals surface area contributed by atoms with Crippen molar-refractivity contribution in [2.75, 3.05) is 0 Å². The molecule has 44 valence electrons. The quantitative estimate of drug-likeness (QED) is 0.419. The minimum Gasteiger partial charge on any atom is -0.384 e. The van der Waals surface area contributed by atoms with E-state index in [-0.39, 0.29) is 0 Å². The number of rotatable bonds is 2. The number of nitrogens with two attached hydrogens (primary N) is 1. The van der Waals surface area contributed by atoms with Crippen LogP contribution in [0, 0.1) is 0 Å². The normalized spacial score (nSPS) is 12.4. The largest absolute Gasteiger partial charge is 0.384 e. The van der Waals surface area contributed by atoms with Crippen molar-refractivity contribution in [3.8, 4) is 0 Å². The zero-order valence-electron chi connectivity index (χ0n) is 4.96. The first kappa shape index (κ1) is 6.95. The fraction of sp³-hybridized carbons (Fsp3) is 0.167. The number of aliphatic imine (C=N–C) groups is 1. The molecule has 8 heavy (non-hydrogen) atoms. The van der Waals surface area contributed by atoms with E-state index in [9.17, 15) is 0 Å². The SMILES string of the molecule is C=C/C=C(/N)N=CC. The van der Waals surface area contributed by atoms with Crippen molar-refractivity contribution in [3.63, 3.8) is 0 Å². The number of hydrogen-bond acceptors (Lipinski definition) is 2. The molecule has 0 aliphatic carbocycles. The van der Waals surface area contributed by atoms with E-state index in [4.69, 9.17) is 5.73 Å². The summed E-state index contributed by atoms with van der Waals surface area (Å²) >= 11 is 0. The Balaban J connectivity index is 3.79. The Labute approximate surface area is 49.4 Å². The summed E-state index contributed by atoms with van der Waals surface area (Å²) in [6, 6.07) is 0. The van der Waals surface area contributed by atoms with E-state index in [1.54, 1.807) is 18.4 Å². The van der Waals surface area contributed by atoms with Gasteiger partial charge in [0.05, 0.1) is 0 Å². The van der Waals surface area contributed by atoms with Gasteiger partial charge in [0.1, 0.15) is 5.82 Å². The number of hydrogen-bond donors (Lipinski definition) is 1. The van der Waals surface area contributed by atoms with E-state index in [1.165, 1.54) is 0 Å². The highest BCUT2D eigenvalue weighted by Crippen LogP contribution is 1.82. The zero-order valence-corrected chi connectivity index (χ0v) is 4.96. The molecule has 0 bridgehead atoms. The summed E-state index contributed by atoms with van der Waals surface area (Å²) in [5, 5.41) is 0. The zero-order chi connectivity index (χ0) is 6.41. The molecule has 0 aromatic rings. The van der Waals surface area contributed by atoms with Crippen LogP contribution in [0.3, 0.4) is 0 Å². The molecule has 0 aliphatic heterocycles. The molecule has 0 saturated carbocycles. The Morgan fingerprint density at radius 2 is 2.38 bits per heavy atom. The first-order valence-electron chi connectivity index (χ1n) is 2.38. The van der Waals surface area contributed by atoms with Crippen molar-refractivity contribution in [1.29, 1.82) is 0 Å². The van der Waals surface area contributed by atoms with Crippen LogP contribution in [-0.4, -0.2) is 6.21 Å². The van der Waals surface area contributed by atoms with E-state index >= 15 is 0 Å². The monoisotopic (exact) mass is 110 g/mol. The summed E-state index contributed by atoms with van der Waals surface area (Å²) in [5.41, 5.74) is 5.29. The molecule has 2 nitrogen and oxygen atoms in total. The fourth-order valence-electron chi connectivity index (χ4n) is 0.313. The second-order valence-corrected chi connectivity index (χ2v) is 1.21. The highest BCUT2D eigenvalue weighted by molar-refractivity contribution is 5.55. The maximum absolute atomic E-state index is 5.29. The predicted octanol–water partition coefficient (Wildman–Crippen LogP) is 1.06. The van der Waals surface area contributed by atoms with Crippen LogP contribution in [0.1, 0.15) is 6.92 Å². The molecule has 2 heteroatoms. The molecular weight excluding hydrogens is 100 g/mol. The van der Waals surface area contributed by atoms with Crippen LogP contribution >= 0.6 is 0 Å². The van der Waals surface area contributed by atoms with E-state index in [0.717, 1.165) is 0 Å². The molecule has 0 rings (SSSR count). The molecule has 0 saturated heterocycles. The van der Waals surface area contributed by atoms with Gasteiger partial charge in [0.2, 0.25) is 0 Å². The van der Waals surface area contributed by atoms with Gasteiger partial charge in [-0.1, -0.05) is 12.7 Å². The molecule has 0 unspecified atom stereocenters. The Bertz CT molecular complexity index is 122. The van der Waals surface area contributed by atoms with Crippen LogP contribution in [0.25, 0.3) is 0 Å². The van der Waals surface area contributed by atoms with Crippen molar-refractivity contribution >= 4 is 6.21 Å². The van der Waals surface area contributed by atoms with Crippen molar-refractivity contribution in [3.05, 3.63) is 24.6 Å². The van der Waals surface area contributed by atoms with Crippen molar-refractivity contribution in [2.24, 2.45) is 10.7 Å². The molecule has 0 aliphatic rings. The molecule has 0 radical (unpaired) electrons. The third-order valence-electron chi connectivity index (χ3n) is 0.567. The lowest BCUT2D eigenvalue weighted by Crippen LogP contribution is -1.91. The Morgan fingerprint density at radius 1 is 1.75 bits per heavy atom. The molecule has 0 aromatic carbocycles. The second kappa shape index (κ2) is 4.12. The topological polar surface area (TPSA) is 38.4 Å². The summed E-state index contributed by atoms with van der Waals surface area (Å²) < 4.78 is 0. The highest BCUT2D eigenvalue weighted by atomic mass is 14.9. The Kier molecular flexibility index (Phi) is 3.58. The molecule has 0 spiro atoms. The lowest BCUT2D eigenvalue weighted by atomic mass is 10.5. The van der Waals surface area contributed by atoms with Gasteiger partial charge < -0.3 is 5.73 Å². The van der Waals surface area contributed by atoms with Gasteiger partial charge >= 0.3 is 0 Å². The van der Waals surface area contributed by atoms with E-state index in [2.05, 4.69) is 11.6 Å². The summed E-state index contributed by atoms with van der Waals surface area (Å²) in [6.45, 7) is 5.26. The highest BCUT2D eigenvalue weighted by Gasteiger charge is 1.72. The maximum Gasteiger partial charge on any atom is 0.122 e. The molecule has 2 N–H and O–H groups in total. The van der Waals surface area contributed by atoms with Crippen molar-refractivity contribution in [2.45, 2.75) is 6.92 Å². The molecule has 0 fully saturated rings. The Hall–Kier alpha value is -1.05. The summed E-state index contributed by atoms with van der Waals surface area (Å²) in [7, 11) is 0. The van der Waals surface area contributed by atoms with Crippen LogP contribution in [0.4, 0.5) is 0 Å². The first-order valence-corrected chi connectivity index (χ1v) is 2.38. The van der Waals surface area contributed by atoms with E-state index in [0.29, 0.717) is 5.82 Å². The van der Waals surface area contributed by atoms with Gasteiger partial charge in [-0.05, 0) is 13.0 Å². The van der Waals surface area contributed by atoms with Gasteiger partial charge in [-0.3, -0.25) is 0 Å². The fourth-order valence-corrected chi connectivity index (χ4v) is 0.313. The van der Waals surface area contributed by atoms with E-state index in [1.807, 2.05) is 6.92 Å². The first-order chi connectivity index (χ1) is 3.81. The summed E-state index contributed by atoms with van der Waals surface area (Å²) in [5.74, 6) is 0.488. The minimum absolute atomic E-state index is 0.488. The lowest BCUT2D eigenvalue weighted by molar-refractivity contribution is 1.25. The molecular formula is C6H10N2. The van der Waals surface area contributed by atoms with Crippen molar-refractivity contribution < 1.29 is 0 Å². The summed E-state index contributed by atoms with van der Waals surface area (Å²) in [4.78, 5) is 3.76. The van der Waals surface area contributed by atoms with Crippen LogP contribution in [-0.2, 0) is 0 Å². The third kappa shape index (κ3) is 3.15. The van der Waals surface area contributed by atoms with Gasteiger partial charge in [-0.25, -0.2) is 4.99 Å². The van der Waals surface area contributed by atoms with Crippen LogP contribution < -0.4 is 5.73 Å². The van der Waals surface area contributed by atoms with Gasteiger partial charge in [0.15, 0.2) is 0 Å². The molecule has 0 atom stereocenters. The smallest absolute Gasteiger partial charge is 0.122 e. The van der Waals surface area contributed by atoms with Crippen LogP contribution in [0.15, 0.2) is 29.5 Å². The second-order valence-electron chi connectivity index (χ2n) is 1.21. The van der Waals surface area contributed by atoms with Gasteiger partial charge in [-0.15, -0.1) is 0 Å². The minimum atomic E-state index is 0.488. The van der Waals surface area contributed by atoms with E-state index < -0.39 is 0 Å². The van der Waals surface area contributed by atoms with Crippen LogP contribution in [0.2, 0.25) is 0 Å². The summed E-state index contributed by atoms with van der Waals surface area (Å²) in [6.07, 6.45) is 4.87. The molecule has 0 heterocycles. The molecule has 0 amide bonds. The lowest BCUT2D eigenvalue weighted by Gasteiger charge is -1.83. The number of allylic oxidation sites excluding steroid dienone is 2. The molecule has 0 aromatic heterocycles. The predicted molar refractivity (Wildman–Crippen MR) is 36.6 cm³/mol. The maximum atomic E-state index is 5.29. The van der Waals surface area contributed by atoms with Gasteiger partial charge in [0.25, 0.3) is 0 Å². The van der Waals surface area contributed by atoms with Crippen molar-refractivity contribution in [1.82, 2.24) is 0 Å². The average Bonchev–Trinajstić information content (AvgIpc) is 1.68. The standard InChI is InChI=1S/C6H10N2/c1-3-5-6(7)8-4-2/h3-5H,1,7H2,2H3/b6-5-,8-4?. The third-order valence-corrected chi connectivity index (χ3v) is 0.567. The number of nitrogens with zero attached hydrogens (tertiary/aromatic N) is 1. The average molecular weight is 110 g/mol. The Morgan fingerprint density at radius 3 is 2.75 bits per heavy atom.